The van der Waals surface area contributed by atoms with Crippen molar-refractivity contribution in [2.24, 2.45) is 38.8 Å². The molecule has 3 amide bonds. The molecule has 0 saturated heterocycles. The molecule has 1 aliphatic carbocycles. The highest BCUT2D eigenvalue weighted by molar-refractivity contribution is 6.02. The fraction of sp³-hybridized carbons (Fsp3) is 0.269. The van der Waals surface area contributed by atoms with Crippen LogP contribution in [0.25, 0.3) is 23.1 Å². The lowest BCUT2D eigenvalue weighted by molar-refractivity contribution is 0.0936. The van der Waals surface area contributed by atoms with Gasteiger partial charge in [-0.25, -0.2) is 0 Å². The van der Waals surface area contributed by atoms with Crippen molar-refractivity contribution < 1.29 is 14.4 Å². The summed E-state index contributed by atoms with van der Waals surface area (Å²) in [7, 11) is 0. The van der Waals surface area contributed by atoms with Gasteiger partial charge in [-0.3, -0.25) is 24.4 Å². The summed E-state index contributed by atoms with van der Waals surface area (Å²) < 4.78 is 0. The van der Waals surface area contributed by atoms with Gasteiger partial charge in [0.2, 0.25) is 0 Å². The van der Waals surface area contributed by atoms with Gasteiger partial charge in [-0.15, -0.1) is 0 Å². The average molecular weight is 548 g/mol. The summed E-state index contributed by atoms with van der Waals surface area (Å²) >= 11 is 0. The maximum Gasteiger partial charge on any atom is 0.267 e. The molecule has 0 saturated carbocycles. The molecule has 1 aliphatic rings. The number of aromatic amines is 2. The predicted molar refractivity (Wildman–Crippen MR) is 154 cm³/mol. The quantitative estimate of drug-likeness (QED) is 0.0749. The van der Waals surface area contributed by atoms with E-state index in [9.17, 15) is 14.4 Å². The van der Waals surface area contributed by atoms with Crippen LogP contribution in [0.15, 0.2) is 40.3 Å². The lowest BCUT2D eigenvalue weighted by Crippen LogP contribution is -2.43. The van der Waals surface area contributed by atoms with Gasteiger partial charge in [0.1, 0.15) is 11.4 Å². The summed E-state index contributed by atoms with van der Waals surface area (Å²) in [4.78, 5) is 51.9. The van der Waals surface area contributed by atoms with Gasteiger partial charge >= 0.3 is 0 Å². The van der Waals surface area contributed by atoms with Crippen molar-refractivity contribution in [2.75, 3.05) is 26.2 Å². The molecule has 0 fully saturated rings. The Bertz CT molecular complexity index is 1610. The Hall–Kier alpha value is -5.27. The molecule has 0 spiro atoms. The number of amides is 3. The molecule has 1 aromatic carbocycles. The SMILES string of the molecule is CC1C=c2[nH]c(C(=O)NCCN=C(N)N)cc2=CC1NC(=O)c1ccc2[nH]c(C(=O)NCCN=C(N)N)cc2c1. The highest BCUT2D eigenvalue weighted by Crippen LogP contribution is 2.18. The van der Waals surface area contributed by atoms with Crippen LogP contribution in [0.2, 0.25) is 0 Å². The Morgan fingerprint density at radius 2 is 1.45 bits per heavy atom. The molecule has 2 aromatic heterocycles. The van der Waals surface area contributed by atoms with E-state index < -0.39 is 0 Å². The van der Waals surface area contributed by atoms with Crippen molar-refractivity contribution >= 4 is 52.7 Å². The Balaban J connectivity index is 1.41. The smallest absolute Gasteiger partial charge is 0.267 e. The average Bonchev–Trinajstić information content (AvgIpc) is 3.52. The Kier molecular flexibility index (Phi) is 8.37. The lowest BCUT2D eigenvalue weighted by atomic mass is 9.96. The topological polar surface area (TPSA) is 248 Å². The molecular formula is C26H33N11O3. The number of guanidine groups is 2. The minimum absolute atomic E-state index is 0.0295. The second kappa shape index (κ2) is 12.1. The summed E-state index contributed by atoms with van der Waals surface area (Å²) in [6, 6.07) is 8.30. The molecular weight excluding hydrogens is 514 g/mol. The number of H-pyrrole nitrogens is 2. The number of nitrogens with one attached hydrogen (secondary N) is 5. The van der Waals surface area contributed by atoms with Crippen molar-refractivity contribution in [3.05, 3.63) is 57.9 Å². The normalized spacial score (nSPS) is 15.6. The first kappa shape index (κ1) is 27.8. The molecule has 0 aliphatic heterocycles. The monoisotopic (exact) mass is 547 g/mol. The Morgan fingerprint density at radius 3 is 2.08 bits per heavy atom. The third-order valence-corrected chi connectivity index (χ3v) is 6.29. The molecule has 13 N–H and O–H groups in total. The number of aliphatic imine (C=N–C) groups is 2. The molecule has 0 bridgehead atoms. The van der Waals surface area contributed by atoms with Crippen molar-refractivity contribution in [1.29, 1.82) is 0 Å². The van der Waals surface area contributed by atoms with E-state index in [1.807, 2.05) is 19.1 Å². The predicted octanol–water partition coefficient (Wildman–Crippen LogP) is -2.49. The van der Waals surface area contributed by atoms with Gasteiger partial charge in [0.15, 0.2) is 11.9 Å². The fourth-order valence-electron chi connectivity index (χ4n) is 4.30. The van der Waals surface area contributed by atoms with Gasteiger partial charge in [0.05, 0.1) is 19.1 Å². The molecule has 14 heteroatoms. The molecule has 210 valence electrons. The molecule has 0 radical (unpaired) electrons. The first-order valence-corrected chi connectivity index (χ1v) is 12.6. The highest BCUT2D eigenvalue weighted by atomic mass is 16.2. The van der Waals surface area contributed by atoms with Crippen LogP contribution in [0.3, 0.4) is 0 Å². The summed E-state index contributed by atoms with van der Waals surface area (Å²) in [5.41, 5.74) is 23.1. The van der Waals surface area contributed by atoms with Crippen LogP contribution in [0, 0.1) is 5.92 Å². The van der Waals surface area contributed by atoms with E-state index in [0.29, 0.717) is 23.5 Å². The number of benzene rings is 1. The third-order valence-electron chi connectivity index (χ3n) is 6.29. The molecule has 2 atom stereocenters. The van der Waals surface area contributed by atoms with Gasteiger partial charge in [0.25, 0.3) is 17.7 Å². The summed E-state index contributed by atoms with van der Waals surface area (Å²) in [5.74, 6) is -0.951. The zero-order chi connectivity index (χ0) is 28.8. The minimum Gasteiger partial charge on any atom is -0.370 e. The van der Waals surface area contributed by atoms with E-state index in [0.717, 1.165) is 21.5 Å². The van der Waals surface area contributed by atoms with E-state index in [4.69, 9.17) is 22.9 Å². The van der Waals surface area contributed by atoms with Crippen LogP contribution >= 0.6 is 0 Å². The number of carbonyl (C=O) groups excluding carboxylic acids is 3. The second-order valence-electron chi connectivity index (χ2n) is 9.35. The zero-order valence-electron chi connectivity index (χ0n) is 22.0. The van der Waals surface area contributed by atoms with Crippen molar-refractivity contribution in [1.82, 2.24) is 25.9 Å². The van der Waals surface area contributed by atoms with Gasteiger partial charge in [-0.1, -0.05) is 19.1 Å². The molecule has 4 rings (SSSR count). The number of hydrogen-bond donors (Lipinski definition) is 9. The van der Waals surface area contributed by atoms with Crippen LogP contribution in [-0.2, 0) is 0 Å². The molecule has 3 aromatic rings. The van der Waals surface area contributed by atoms with E-state index in [-0.39, 0.29) is 61.2 Å². The number of hydrogen-bond acceptors (Lipinski definition) is 5. The minimum atomic E-state index is -0.307. The fourth-order valence-corrected chi connectivity index (χ4v) is 4.30. The maximum absolute atomic E-state index is 13.1. The van der Waals surface area contributed by atoms with E-state index >= 15 is 0 Å². The molecule has 14 nitrogen and oxygen atoms in total. The standard InChI is InChI=1S/C26H33N11O3/c1-13-8-19-16(12-21(36-19)24(40)32-5-7-34-26(29)30)10-18(13)37-22(38)14-2-3-17-15(9-14)11-20(35-17)23(39)31-4-6-33-25(27)28/h2-3,8-13,18,35-36H,4-7H2,1H3,(H,31,39)(H,32,40)(H,37,38)(H4,27,28,33)(H4,29,30,34). The van der Waals surface area contributed by atoms with Crippen LogP contribution in [0.5, 0.6) is 0 Å². The van der Waals surface area contributed by atoms with E-state index in [1.165, 1.54) is 0 Å². The highest BCUT2D eigenvalue weighted by Gasteiger charge is 2.21. The third kappa shape index (κ3) is 6.78. The summed E-state index contributed by atoms with van der Waals surface area (Å²) in [6.07, 6.45) is 3.90. The number of carbonyl (C=O) groups is 3. The van der Waals surface area contributed by atoms with Crippen molar-refractivity contribution in [2.45, 2.75) is 13.0 Å². The van der Waals surface area contributed by atoms with Crippen molar-refractivity contribution in [3.8, 4) is 0 Å². The van der Waals surface area contributed by atoms with Gasteiger partial charge < -0.3 is 48.9 Å². The number of nitrogens with two attached hydrogens (primary N) is 4. The number of aromatic nitrogens is 2. The molecule has 2 unspecified atom stereocenters. The molecule has 40 heavy (non-hydrogen) atoms. The van der Waals surface area contributed by atoms with Crippen LogP contribution in [0.1, 0.15) is 38.3 Å². The van der Waals surface area contributed by atoms with Crippen LogP contribution in [-0.4, -0.2) is 71.8 Å². The van der Waals surface area contributed by atoms with E-state index in [2.05, 4.69) is 35.9 Å². The van der Waals surface area contributed by atoms with E-state index in [1.54, 1.807) is 30.3 Å². The molecule has 2 heterocycles. The second-order valence-corrected chi connectivity index (χ2v) is 9.35. The van der Waals surface area contributed by atoms with Crippen LogP contribution < -0.4 is 49.5 Å². The first-order valence-electron chi connectivity index (χ1n) is 12.6. The number of fused-ring (bicyclic) bond motifs is 2. The van der Waals surface area contributed by atoms with Gasteiger partial charge in [0, 0.05) is 40.8 Å². The largest absolute Gasteiger partial charge is 0.370 e. The van der Waals surface area contributed by atoms with Crippen molar-refractivity contribution in [3.63, 3.8) is 0 Å². The zero-order valence-corrected chi connectivity index (χ0v) is 22.0. The first-order chi connectivity index (χ1) is 19.1. The maximum atomic E-state index is 13.1. The Labute approximate surface area is 229 Å². The lowest BCUT2D eigenvalue weighted by Gasteiger charge is -2.21. The van der Waals surface area contributed by atoms with Gasteiger partial charge in [-0.2, -0.15) is 0 Å². The van der Waals surface area contributed by atoms with Crippen LogP contribution in [0.4, 0.5) is 0 Å². The van der Waals surface area contributed by atoms with Gasteiger partial charge in [-0.05, 0) is 35.6 Å². The number of nitrogens with zero attached hydrogens (tertiary/aromatic N) is 2. The number of rotatable bonds is 10. The summed E-state index contributed by atoms with van der Waals surface area (Å²) in [6.45, 7) is 3.10. The Morgan fingerprint density at radius 1 is 0.825 bits per heavy atom. The summed E-state index contributed by atoms with van der Waals surface area (Å²) in [5, 5.41) is 10.9.